The molecular formula is C10H15NO3. The van der Waals surface area contributed by atoms with Gasteiger partial charge in [0, 0.05) is 12.5 Å². The van der Waals surface area contributed by atoms with Crippen LogP contribution in [0.1, 0.15) is 26.2 Å². The fourth-order valence-corrected chi connectivity index (χ4v) is 2.81. The second-order valence-electron chi connectivity index (χ2n) is 4.63. The monoisotopic (exact) mass is 197 g/mol. The van der Waals surface area contributed by atoms with Gasteiger partial charge in [-0.2, -0.15) is 0 Å². The van der Waals surface area contributed by atoms with Crippen LogP contribution >= 0.6 is 0 Å². The standard InChI is InChI=1S/C10H15NO3/c1-7(12)9-4-10(5-9,6-9)8(13)11(2)14-3/h4-6H2,1-3H3. The van der Waals surface area contributed by atoms with Gasteiger partial charge in [0.05, 0.1) is 12.5 Å². The molecule has 0 heterocycles. The lowest BCUT2D eigenvalue weighted by atomic mass is 9.34. The van der Waals surface area contributed by atoms with Crippen molar-refractivity contribution in [3.05, 3.63) is 0 Å². The first-order valence-corrected chi connectivity index (χ1v) is 4.79. The molecule has 0 atom stereocenters. The zero-order valence-electron chi connectivity index (χ0n) is 8.79. The van der Waals surface area contributed by atoms with Gasteiger partial charge in [0.1, 0.15) is 5.78 Å². The summed E-state index contributed by atoms with van der Waals surface area (Å²) in [6.45, 7) is 1.62. The number of carbonyl (C=O) groups excluding carboxylic acids is 2. The van der Waals surface area contributed by atoms with Crippen LogP contribution in [0.3, 0.4) is 0 Å². The quantitative estimate of drug-likeness (QED) is 0.628. The van der Waals surface area contributed by atoms with Crippen molar-refractivity contribution in [2.75, 3.05) is 14.2 Å². The third-order valence-electron chi connectivity index (χ3n) is 3.79. The first-order valence-electron chi connectivity index (χ1n) is 4.79. The zero-order valence-corrected chi connectivity index (χ0v) is 8.79. The van der Waals surface area contributed by atoms with Crippen LogP contribution in [0.25, 0.3) is 0 Å². The van der Waals surface area contributed by atoms with Crippen molar-refractivity contribution in [1.82, 2.24) is 5.06 Å². The van der Waals surface area contributed by atoms with Gasteiger partial charge in [0.2, 0.25) is 0 Å². The molecule has 3 saturated carbocycles. The smallest absolute Gasteiger partial charge is 0.252 e. The molecule has 0 unspecified atom stereocenters. The van der Waals surface area contributed by atoms with E-state index in [1.54, 1.807) is 14.0 Å². The SMILES string of the molecule is CON(C)C(=O)C12CC(C(C)=O)(C1)C2. The first-order chi connectivity index (χ1) is 6.46. The fourth-order valence-electron chi connectivity index (χ4n) is 2.81. The summed E-state index contributed by atoms with van der Waals surface area (Å²) >= 11 is 0. The van der Waals surface area contributed by atoms with Gasteiger partial charge in [-0.1, -0.05) is 0 Å². The van der Waals surface area contributed by atoms with Gasteiger partial charge >= 0.3 is 0 Å². The highest BCUT2D eigenvalue weighted by atomic mass is 16.7. The number of Topliss-reactive ketones (excluding diaryl/α,β-unsaturated/α-hetero) is 1. The van der Waals surface area contributed by atoms with E-state index in [0.717, 1.165) is 19.3 Å². The number of hydroxylamine groups is 2. The molecule has 0 aromatic rings. The molecule has 0 N–H and O–H groups in total. The Hall–Kier alpha value is -0.900. The molecule has 4 nitrogen and oxygen atoms in total. The van der Waals surface area contributed by atoms with Gasteiger partial charge in [0.25, 0.3) is 5.91 Å². The molecule has 0 radical (unpaired) electrons. The number of nitrogens with zero attached hydrogens (tertiary/aromatic N) is 1. The van der Waals surface area contributed by atoms with E-state index in [1.165, 1.54) is 12.2 Å². The van der Waals surface area contributed by atoms with Crippen molar-refractivity contribution < 1.29 is 14.4 Å². The lowest BCUT2D eigenvalue weighted by Gasteiger charge is -2.68. The highest BCUT2D eigenvalue weighted by molar-refractivity contribution is 5.95. The van der Waals surface area contributed by atoms with Crippen LogP contribution in [0.5, 0.6) is 0 Å². The topological polar surface area (TPSA) is 46.6 Å². The molecule has 3 fully saturated rings. The predicted octanol–water partition coefficient (Wildman–Crippen LogP) is 0.765. The normalized spacial score (nSPS) is 38.2. The van der Waals surface area contributed by atoms with E-state index in [0.29, 0.717) is 0 Å². The Morgan fingerprint density at radius 2 is 1.71 bits per heavy atom. The van der Waals surface area contributed by atoms with E-state index in [-0.39, 0.29) is 22.5 Å². The van der Waals surface area contributed by atoms with Crippen molar-refractivity contribution >= 4 is 11.7 Å². The summed E-state index contributed by atoms with van der Waals surface area (Å²) in [5.74, 6) is 0.246. The van der Waals surface area contributed by atoms with Crippen LogP contribution in [-0.4, -0.2) is 30.9 Å². The van der Waals surface area contributed by atoms with Gasteiger partial charge in [-0.3, -0.25) is 14.4 Å². The van der Waals surface area contributed by atoms with Crippen LogP contribution < -0.4 is 0 Å². The average molecular weight is 197 g/mol. The second-order valence-corrected chi connectivity index (χ2v) is 4.63. The van der Waals surface area contributed by atoms with E-state index in [2.05, 4.69) is 0 Å². The summed E-state index contributed by atoms with van der Waals surface area (Å²) in [5, 5.41) is 1.27. The van der Waals surface area contributed by atoms with E-state index < -0.39 is 0 Å². The minimum atomic E-state index is -0.267. The summed E-state index contributed by atoms with van der Waals surface area (Å²) in [6.07, 6.45) is 2.17. The number of rotatable bonds is 3. The molecule has 0 spiro atoms. The van der Waals surface area contributed by atoms with Crippen LogP contribution in [0.2, 0.25) is 0 Å². The van der Waals surface area contributed by atoms with Gasteiger partial charge in [-0.25, -0.2) is 5.06 Å². The van der Waals surface area contributed by atoms with Crippen molar-refractivity contribution in [1.29, 1.82) is 0 Å². The molecule has 0 aromatic carbocycles. The number of amides is 1. The Bertz CT molecular complexity index is 291. The van der Waals surface area contributed by atoms with Crippen molar-refractivity contribution in [3.63, 3.8) is 0 Å². The Kier molecular flexibility index (Phi) is 1.77. The fraction of sp³-hybridized carbons (Fsp3) is 0.800. The number of hydrogen-bond donors (Lipinski definition) is 0. The maximum atomic E-state index is 11.8. The van der Waals surface area contributed by atoms with Gasteiger partial charge < -0.3 is 0 Å². The number of ketones is 1. The zero-order chi connectivity index (χ0) is 10.6. The van der Waals surface area contributed by atoms with Crippen LogP contribution in [0, 0.1) is 10.8 Å². The second kappa shape index (κ2) is 2.57. The number of hydrogen-bond acceptors (Lipinski definition) is 3. The van der Waals surface area contributed by atoms with Crippen LogP contribution in [0.4, 0.5) is 0 Å². The number of carbonyl (C=O) groups is 2. The predicted molar refractivity (Wildman–Crippen MR) is 49.2 cm³/mol. The summed E-state index contributed by atoms with van der Waals surface area (Å²) < 4.78 is 0. The minimum absolute atomic E-state index is 0.0168. The molecule has 4 heteroatoms. The van der Waals surface area contributed by atoms with Gasteiger partial charge in [-0.15, -0.1) is 0 Å². The maximum Gasteiger partial charge on any atom is 0.252 e. The Labute approximate surface area is 83.2 Å². The highest BCUT2D eigenvalue weighted by Crippen LogP contribution is 2.74. The molecule has 78 valence electrons. The Morgan fingerprint density at radius 1 is 1.21 bits per heavy atom. The third-order valence-corrected chi connectivity index (χ3v) is 3.79. The first kappa shape index (κ1) is 9.65. The van der Waals surface area contributed by atoms with E-state index >= 15 is 0 Å². The van der Waals surface area contributed by atoms with Gasteiger partial charge in [-0.05, 0) is 26.2 Å². The highest BCUT2D eigenvalue weighted by Gasteiger charge is 2.74. The van der Waals surface area contributed by atoms with Crippen LogP contribution in [-0.2, 0) is 14.4 Å². The Balaban J connectivity index is 2.00. The Morgan fingerprint density at radius 3 is 2.07 bits per heavy atom. The minimum Gasteiger partial charge on any atom is -0.299 e. The lowest BCUT2D eigenvalue weighted by molar-refractivity contribution is -0.234. The van der Waals surface area contributed by atoms with Crippen molar-refractivity contribution in [2.45, 2.75) is 26.2 Å². The third kappa shape index (κ3) is 0.919. The van der Waals surface area contributed by atoms with E-state index in [9.17, 15) is 9.59 Å². The maximum absolute atomic E-state index is 11.8. The molecule has 0 aromatic heterocycles. The molecule has 0 saturated heterocycles. The van der Waals surface area contributed by atoms with Crippen molar-refractivity contribution in [3.8, 4) is 0 Å². The average Bonchev–Trinajstić information content (AvgIpc) is 1.96. The largest absolute Gasteiger partial charge is 0.299 e. The van der Waals surface area contributed by atoms with Gasteiger partial charge in [0.15, 0.2) is 0 Å². The molecule has 2 bridgehead atoms. The summed E-state index contributed by atoms with van der Waals surface area (Å²) in [7, 11) is 3.09. The molecule has 3 aliphatic rings. The molecular weight excluding hydrogens is 182 g/mol. The van der Waals surface area contributed by atoms with Crippen LogP contribution in [0.15, 0.2) is 0 Å². The molecule has 3 aliphatic carbocycles. The molecule has 3 rings (SSSR count). The lowest BCUT2D eigenvalue weighted by Crippen LogP contribution is -2.70. The summed E-state index contributed by atoms with van der Waals surface area (Å²) in [5.41, 5.74) is -0.416. The summed E-state index contributed by atoms with van der Waals surface area (Å²) in [4.78, 5) is 27.9. The summed E-state index contributed by atoms with van der Waals surface area (Å²) in [6, 6.07) is 0. The molecule has 14 heavy (non-hydrogen) atoms. The van der Waals surface area contributed by atoms with E-state index in [1.807, 2.05) is 0 Å². The van der Waals surface area contributed by atoms with E-state index in [4.69, 9.17) is 4.84 Å². The van der Waals surface area contributed by atoms with Crippen molar-refractivity contribution in [2.24, 2.45) is 10.8 Å². The molecule has 0 aliphatic heterocycles. The molecule has 1 amide bonds.